The van der Waals surface area contributed by atoms with Crippen molar-refractivity contribution in [3.05, 3.63) is 58.6 Å². The minimum Gasteiger partial charge on any atom is -0.495 e. The molecule has 0 fully saturated rings. The number of halogens is 1. The second-order valence-corrected chi connectivity index (χ2v) is 10.7. The van der Waals surface area contributed by atoms with Crippen molar-refractivity contribution in [2.45, 2.75) is 46.3 Å². The van der Waals surface area contributed by atoms with Crippen LogP contribution in [0.25, 0.3) is 0 Å². The predicted molar refractivity (Wildman–Crippen MR) is 135 cm³/mol. The van der Waals surface area contributed by atoms with E-state index in [1.54, 1.807) is 6.92 Å². The summed E-state index contributed by atoms with van der Waals surface area (Å²) < 4.78 is 31.3. The number of hydrogen-bond acceptors (Lipinski definition) is 5. The minimum atomic E-state index is -3.84. The number of amides is 2. The van der Waals surface area contributed by atoms with Crippen molar-refractivity contribution in [2.75, 3.05) is 24.2 Å². The molecule has 2 rings (SSSR count). The van der Waals surface area contributed by atoms with E-state index in [4.69, 9.17) is 16.3 Å². The summed E-state index contributed by atoms with van der Waals surface area (Å²) in [7, 11) is -2.39. The number of carbonyl (C=O) groups excluding carboxylic acids is 2. The Hall–Kier alpha value is -2.78. The van der Waals surface area contributed by atoms with Crippen molar-refractivity contribution >= 4 is 39.1 Å². The van der Waals surface area contributed by atoms with E-state index in [-0.39, 0.29) is 29.2 Å². The number of anilines is 1. The fraction of sp³-hybridized carbons (Fsp3) is 0.417. The normalized spacial score (nSPS) is 12.2. The molecule has 0 aliphatic heterocycles. The number of methoxy groups -OCH3 is 1. The lowest BCUT2D eigenvalue weighted by Gasteiger charge is -2.32. The Morgan fingerprint density at radius 2 is 1.76 bits per heavy atom. The van der Waals surface area contributed by atoms with Gasteiger partial charge in [-0.05, 0) is 57.0 Å². The standard InChI is InChI=1S/C24H32ClN3O5S/c1-16(2)26-24(30)18(4)27(14-19-10-8-7-9-17(19)3)23(29)15-28(34(6,31)32)20-11-12-22(33-5)21(25)13-20/h7-13,16,18H,14-15H2,1-6H3,(H,26,30). The quantitative estimate of drug-likeness (QED) is 0.529. The smallest absolute Gasteiger partial charge is 0.244 e. The zero-order chi connectivity index (χ0) is 25.6. The second kappa shape index (κ2) is 11.6. The van der Waals surface area contributed by atoms with Gasteiger partial charge in [0.15, 0.2) is 0 Å². The third-order valence-corrected chi connectivity index (χ3v) is 6.74. The van der Waals surface area contributed by atoms with Crippen molar-refractivity contribution in [3.63, 3.8) is 0 Å². The second-order valence-electron chi connectivity index (χ2n) is 8.38. The molecule has 2 aromatic carbocycles. The molecule has 0 bridgehead atoms. The number of nitrogens with zero attached hydrogens (tertiary/aromatic N) is 2. The maximum atomic E-state index is 13.5. The maximum absolute atomic E-state index is 13.5. The van der Waals surface area contributed by atoms with E-state index in [0.29, 0.717) is 5.75 Å². The molecule has 186 valence electrons. The summed E-state index contributed by atoms with van der Waals surface area (Å²) in [5.74, 6) is -0.465. The molecule has 0 radical (unpaired) electrons. The summed E-state index contributed by atoms with van der Waals surface area (Å²) in [5.41, 5.74) is 2.04. The van der Waals surface area contributed by atoms with Crippen molar-refractivity contribution < 1.29 is 22.7 Å². The molecule has 10 heteroatoms. The molecular weight excluding hydrogens is 478 g/mol. The van der Waals surface area contributed by atoms with Crippen LogP contribution in [0.2, 0.25) is 5.02 Å². The highest BCUT2D eigenvalue weighted by molar-refractivity contribution is 7.92. The first-order valence-electron chi connectivity index (χ1n) is 10.8. The van der Waals surface area contributed by atoms with Gasteiger partial charge in [-0.3, -0.25) is 13.9 Å². The maximum Gasteiger partial charge on any atom is 0.244 e. The number of benzene rings is 2. The van der Waals surface area contributed by atoms with E-state index in [1.165, 1.54) is 30.2 Å². The Bertz CT molecular complexity index is 1140. The van der Waals surface area contributed by atoms with Gasteiger partial charge < -0.3 is 15.0 Å². The van der Waals surface area contributed by atoms with E-state index in [0.717, 1.165) is 21.7 Å². The van der Waals surface area contributed by atoms with Crippen LogP contribution < -0.4 is 14.4 Å². The monoisotopic (exact) mass is 509 g/mol. The average Bonchev–Trinajstić information content (AvgIpc) is 2.75. The molecular formula is C24H32ClN3O5S. The Morgan fingerprint density at radius 3 is 2.29 bits per heavy atom. The van der Waals surface area contributed by atoms with E-state index in [2.05, 4.69) is 5.32 Å². The molecule has 0 aromatic heterocycles. The highest BCUT2D eigenvalue weighted by Crippen LogP contribution is 2.30. The van der Waals surface area contributed by atoms with Crippen molar-refractivity contribution in [1.82, 2.24) is 10.2 Å². The molecule has 34 heavy (non-hydrogen) atoms. The first kappa shape index (κ1) is 27.5. The van der Waals surface area contributed by atoms with E-state index in [9.17, 15) is 18.0 Å². The Kier molecular flexibility index (Phi) is 9.35. The molecule has 1 unspecified atom stereocenters. The van der Waals surface area contributed by atoms with Crippen LogP contribution in [0.4, 0.5) is 5.69 Å². The number of aryl methyl sites for hydroxylation is 1. The molecule has 0 aliphatic rings. The predicted octanol–water partition coefficient (Wildman–Crippen LogP) is 3.36. The average molecular weight is 510 g/mol. The van der Waals surface area contributed by atoms with Crippen LogP contribution in [0.5, 0.6) is 5.75 Å². The fourth-order valence-electron chi connectivity index (χ4n) is 3.38. The summed E-state index contributed by atoms with van der Waals surface area (Å²) in [6.45, 7) is 6.86. The summed E-state index contributed by atoms with van der Waals surface area (Å²) >= 11 is 6.19. The number of rotatable bonds is 10. The van der Waals surface area contributed by atoms with Crippen LogP contribution in [0.3, 0.4) is 0 Å². The van der Waals surface area contributed by atoms with E-state index in [1.807, 2.05) is 45.0 Å². The van der Waals surface area contributed by atoms with Gasteiger partial charge in [0.25, 0.3) is 0 Å². The first-order valence-corrected chi connectivity index (χ1v) is 13.0. The van der Waals surface area contributed by atoms with E-state index < -0.39 is 28.5 Å². The van der Waals surface area contributed by atoms with Gasteiger partial charge in [0, 0.05) is 12.6 Å². The number of hydrogen-bond donors (Lipinski definition) is 1. The molecule has 1 N–H and O–H groups in total. The molecule has 0 spiro atoms. The van der Waals surface area contributed by atoms with Gasteiger partial charge in [0.2, 0.25) is 21.8 Å². The van der Waals surface area contributed by atoms with Gasteiger partial charge in [-0.1, -0.05) is 35.9 Å². The lowest BCUT2D eigenvalue weighted by atomic mass is 10.1. The summed E-state index contributed by atoms with van der Waals surface area (Å²) in [4.78, 5) is 27.7. The van der Waals surface area contributed by atoms with Crippen LogP contribution in [-0.2, 0) is 26.2 Å². The molecule has 0 saturated heterocycles. The van der Waals surface area contributed by atoms with Crippen LogP contribution >= 0.6 is 11.6 Å². The third-order valence-electron chi connectivity index (χ3n) is 5.30. The summed E-state index contributed by atoms with van der Waals surface area (Å²) in [5, 5.41) is 3.03. The Morgan fingerprint density at radius 1 is 1.12 bits per heavy atom. The molecule has 8 nitrogen and oxygen atoms in total. The molecule has 1 atom stereocenters. The Labute approximate surface area is 206 Å². The van der Waals surface area contributed by atoms with Crippen molar-refractivity contribution in [3.8, 4) is 5.75 Å². The number of nitrogens with one attached hydrogen (secondary N) is 1. The van der Waals surface area contributed by atoms with Crippen molar-refractivity contribution in [1.29, 1.82) is 0 Å². The van der Waals surface area contributed by atoms with Crippen LogP contribution in [0.1, 0.15) is 31.9 Å². The fourth-order valence-corrected chi connectivity index (χ4v) is 4.48. The summed E-state index contributed by atoms with van der Waals surface area (Å²) in [6.07, 6.45) is 1.01. The van der Waals surface area contributed by atoms with Crippen molar-refractivity contribution in [2.24, 2.45) is 0 Å². The van der Waals surface area contributed by atoms with Crippen LogP contribution in [-0.4, -0.2) is 57.1 Å². The van der Waals surface area contributed by atoms with Gasteiger partial charge in [0.1, 0.15) is 18.3 Å². The summed E-state index contributed by atoms with van der Waals surface area (Å²) in [6, 6.07) is 11.1. The number of ether oxygens (including phenoxy) is 1. The highest BCUT2D eigenvalue weighted by atomic mass is 35.5. The van der Waals surface area contributed by atoms with Crippen LogP contribution in [0.15, 0.2) is 42.5 Å². The molecule has 2 amide bonds. The molecule has 0 heterocycles. The highest BCUT2D eigenvalue weighted by Gasteiger charge is 2.30. The van der Waals surface area contributed by atoms with Gasteiger partial charge in [-0.2, -0.15) is 0 Å². The lowest BCUT2D eigenvalue weighted by molar-refractivity contribution is -0.139. The van der Waals surface area contributed by atoms with E-state index >= 15 is 0 Å². The van der Waals surface area contributed by atoms with Gasteiger partial charge in [-0.25, -0.2) is 8.42 Å². The molecule has 0 saturated carbocycles. The lowest BCUT2D eigenvalue weighted by Crippen LogP contribution is -2.52. The first-order chi connectivity index (χ1) is 15.8. The SMILES string of the molecule is COc1ccc(N(CC(=O)N(Cc2ccccc2C)C(C)C(=O)NC(C)C)S(C)(=O)=O)cc1Cl. The zero-order valence-electron chi connectivity index (χ0n) is 20.3. The number of carbonyl (C=O) groups is 2. The van der Waals surface area contributed by atoms with Gasteiger partial charge in [-0.15, -0.1) is 0 Å². The largest absolute Gasteiger partial charge is 0.495 e. The topological polar surface area (TPSA) is 96.0 Å². The van der Waals surface area contributed by atoms with Crippen LogP contribution in [0, 0.1) is 6.92 Å². The third kappa shape index (κ3) is 7.11. The zero-order valence-corrected chi connectivity index (χ0v) is 21.9. The van der Waals surface area contributed by atoms with Gasteiger partial charge >= 0.3 is 0 Å². The van der Waals surface area contributed by atoms with Gasteiger partial charge in [0.05, 0.1) is 24.1 Å². The Balaban J connectivity index is 2.43. The number of sulfonamides is 1. The molecule has 0 aliphatic carbocycles. The molecule has 2 aromatic rings. The minimum absolute atomic E-state index is 0.112.